The first-order valence-electron chi connectivity index (χ1n) is 5.51. The maximum atomic E-state index is 9.92. The Hall–Kier alpha value is -0.860. The van der Waals surface area contributed by atoms with E-state index in [1.807, 2.05) is 0 Å². The van der Waals surface area contributed by atoms with E-state index in [-0.39, 0.29) is 5.60 Å². The molecule has 1 fully saturated rings. The van der Waals surface area contributed by atoms with Gasteiger partial charge in [-0.3, -0.25) is 5.43 Å². The van der Waals surface area contributed by atoms with Crippen LogP contribution in [-0.2, 0) is 9.53 Å². The van der Waals surface area contributed by atoms with E-state index in [0.717, 1.165) is 25.7 Å². The van der Waals surface area contributed by atoms with Gasteiger partial charge < -0.3 is 4.74 Å². The zero-order valence-electron chi connectivity index (χ0n) is 9.75. The van der Waals surface area contributed by atoms with E-state index in [9.17, 15) is 4.79 Å². The summed E-state index contributed by atoms with van der Waals surface area (Å²) < 4.78 is 5.90. The summed E-state index contributed by atoms with van der Waals surface area (Å²) in [4.78, 5) is 9.92. The molecule has 0 spiro atoms. The standard InChI is InChI=1S/C11H20N2O2/c1-11(2,3)15-10-6-4-9(5-7-10)13-12-8-14/h9-10,13H,4-7H2,1-3H3. The molecule has 1 rings (SSSR count). The predicted molar refractivity (Wildman–Crippen MR) is 58.1 cm³/mol. The van der Waals surface area contributed by atoms with Crippen LogP contribution in [0.15, 0.2) is 5.10 Å². The van der Waals surface area contributed by atoms with Crippen LogP contribution < -0.4 is 5.43 Å². The summed E-state index contributed by atoms with van der Waals surface area (Å²) in [5.41, 5.74) is 2.74. The normalized spacial score (nSPS) is 26.9. The van der Waals surface area contributed by atoms with Crippen LogP contribution in [0.1, 0.15) is 46.5 Å². The van der Waals surface area contributed by atoms with Gasteiger partial charge >= 0.3 is 0 Å². The Morgan fingerprint density at radius 2 is 1.87 bits per heavy atom. The molecular weight excluding hydrogens is 192 g/mol. The SMILES string of the molecule is CC(C)(C)OC1CCC(NN=C=O)CC1. The van der Waals surface area contributed by atoms with Crippen molar-refractivity contribution in [2.75, 3.05) is 0 Å². The summed E-state index contributed by atoms with van der Waals surface area (Å²) in [6.45, 7) is 6.23. The topological polar surface area (TPSA) is 50.7 Å². The van der Waals surface area contributed by atoms with Crippen molar-refractivity contribution in [1.82, 2.24) is 5.43 Å². The number of ether oxygens (including phenoxy) is 1. The van der Waals surface area contributed by atoms with Crippen molar-refractivity contribution < 1.29 is 9.53 Å². The minimum absolute atomic E-state index is 0.0636. The van der Waals surface area contributed by atoms with Crippen LogP contribution in [0, 0.1) is 0 Å². The van der Waals surface area contributed by atoms with Crippen LogP contribution in [0.5, 0.6) is 0 Å². The van der Waals surface area contributed by atoms with Crippen molar-refractivity contribution in [3.63, 3.8) is 0 Å². The summed E-state index contributed by atoms with van der Waals surface area (Å²) in [6, 6.07) is 0.311. The van der Waals surface area contributed by atoms with Gasteiger partial charge in [-0.2, -0.15) is 0 Å². The van der Waals surface area contributed by atoms with Crippen LogP contribution in [-0.4, -0.2) is 23.8 Å². The van der Waals surface area contributed by atoms with Gasteiger partial charge in [0.1, 0.15) is 0 Å². The van der Waals surface area contributed by atoms with Crippen molar-refractivity contribution in [3.05, 3.63) is 0 Å². The summed E-state index contributed by atoms with van der Waals surface area (Å²) >= 11 is 0. The van der Waals surface area contributed by atoms with Gasteiger partial charge in [-0.25, -0.2) is 4.79 Å². The molecule has 0 aromatic carbocycles. The molecule has 0 atom stereocenters. The monoisotopic (exact) mass is 212 g/mol. The molecule has 1 aliphatic carbocycles. The highest BCUT2D eigenvalue weighted by atomic mass is 16.5. The second-order valence-electron chi connectivity index (χ2n) is 5.04. The van der Waals surface area contributed by atoms with E-state index < -0.39 is 0 Å². The van der Waals surface area contributed by atoms with Crippen LogP contribution >= 0.6 is 0 Å². The van der Waals surface area contributed by atoms with Crippen LogP contribution in [0.2, 0.25) is 0 Å². The minimum Gasteiger partial charge on any atom is -0.373 e. The molecule has 0 heterocycles. The van der Waals surface area contributed by atoms with Gasteiger partial charge in [-0.1, -0.05) is 5.10 Å². The molecule has 15 heavy (non-hydrogen) atoms. The molecule has 0 radical (unpaired) electrons. The number of hydrazone groups is 1. The fourth-order valence-corrected chi connectivity index (χ4v) is 1.93. The first kappa shape index (κ1) is 12.2. The molecule has 4 nitrogen and oxygen atoms in total. The highest BCUT2D eigenvalue weighted by Crippen LogP contribution is 2.25. The molecule has 1 aliphatic rings. The Labute approximate surface area is 91.1 Å². The zero-order chi connectivity index (χ0) is 11.3. The molecule has 86 valence electrons. The lowest BCUT2D eigenvalue weighted by Crippen LogP contribution is -2.36. The highest BCUT2D eigenvalue weighted by Gasteiger charge is 2.25. The Kier molecular flexibility index (Phi) is 4.30. The van der Waals surface area contributed by atoms with E-state index in [0.29, 0.717) is 12.1 Å². The maximum absolute atomic E-state index is 9.92. The summed E-state index contributed by atoms with van der Waals surface area (Å²) in [7, 11) is 0. The van der Waals surface area contributed by atoms with Gasteiger partial charge in [-0.05, 0) is 46.5 Å². The van der Waals surface area contributed by atoms with Gasteiger partial charge in [0.15, 0.2) is 0 Å². The molecule has 4 heteroatoms. The van der Waals surface area contributed by atoms with E-state index >= 15 is 0 Å². The van der Waals surface area contributed by atoms with Gasteiger partial charge in [0.25, 0.3) is 6.08 Å². The third kappa shape index (κ3) is 4.96. The largest absolute Gasteiger partial charge is 0.373 e. The summed E-state index contributed by atoms with van der Waals surface area (Å²) in [6.07, 6.45) is 5.92. The number of nitrogens with one attached hydrogen (secondary N) is 1. The van der Waals surface area contributed by atoms with E-state index in [2.05, 4.69) is 31.3 Å². The third-order valence-electron chi connectivity index (χ3n) is 2.49. The molecule has 0 saturated heterocycles. The van der Waals surface area contributed by atoms with E-state index in [1.54, 1.807) is 0 Å². The molecule has 1 saturated carbocycles. The Morgan fingerprint density at radius 1 is 1.27 bits per heavy atom. The number of nitrogens with zero attached hydrogens (tertiary/aromatic N) is 1. The molecular formula is C11H20N2O2. The maximum Gasteiger partial charge on any atom is 0.258 e. The first-order chi connectivity index (χ1) is 7.01. The Morgan fingerprint density at radius 3 is 2.33 bits per heavy atom. The zero-order valence-corrected chi connectivity index (χ0v) is 9.75. The minimum atomic E-state index is -0.0636. The Balaban J connectivity index is 2.26. The number of hydrogen-bond donors (Lipinski definition) is 1. The molecule has 0 aliphatic heterocycles. The second kappa shape index (κ2) is 5.29. The van der Waals surface area contributed by atoms with Crippen molar-refractivity contribution in [2.45, 2.75) is 64.2 Å². The second-order valence-corrected chi connectivity index (χ2v) is 5.04. The fourth-order valence-electron chi connectivity index (χ4n) is 1.93. The number of carbonyl (C=O) groups excluding carboxylic acids is 1. The number of isocyanates is 1. The van der Waals surface area contributed by atoms with Crippen molar-refractivity contribution in [2.24, 2.45) is 5.10 Å². The van der Waals surface area contributed by atoms with Gasteiger partial charge in [0, 0.05) is 6.04 Å². The first-order valence-corrected chi connectivity index (χ1v) is 5.51. The van der Waals surface area contributed by atoms with Crippen molar-refractivity contribution in [1.29, 1.82) is 0 Å². The summed E-state index contributed by atoms with van der Waals surface area (Å²) in [5.74, 6) is 0. The lowest BCUT2D eigenvalue weighted by atomic mass is 9.93. The number of hydrogen-bond acceptors (Lipinski definition) is 4. The molecule has 0 unspecified atom stereocenters. The lowest BCUT2D eigenvalue weighted by molar-refractivity contribution is -0.0759. The average molecular weight is 212 g/mol. The van der Waals surface area contributed by atoms with Crippen LogP contribution in [0.4, 0.5) is 0 Å². The molecule has 0 bridgehead atoms. The molecule has 0 amide bonds. The average Bonchev–Trinajstić information content (AvgIpc) is 2.14. The molecule has 0 aromatic rings. The Bertz CT molecular complexity index is 233. The van der Waals surface area contributed by atoms with Crippen LogP contribution in [0.3, 0.4) is 0 Å². The van der Waals surface area contributed by atoms with Gasteiger partial charge in [-0.15, -0.1) is 0 Å². The van der Waals surface area contributed by atoms with Gasteiger partial charge in [0.2, 0.25) is 0 Å². The number of rotatable bonds is 3. The van der Waals surface area contributed by atoms with Gasteiger partial charge in [0.05, 0.1) is 11.7 Å². The van der Waals surface area contributed by atoms with Crippen LogP contribution in [0.25, 0.3) is 0 Å². The van der Waals surface area contributed by atoms with E-state index in [1.165, 1.54) is 6.08 Å². The highest BCUT2D eigenvalue weighted by molar-refractivity contribution is 5.32. The predicted octanol–water partition coefficient (Wildman–Crippen LogP) is 1.95. The molecule has 1 N–H and O–H groups in total. The van der Waals surface area contributed by atoms with Crippen molar-refractivity contribution >= 4 is 6.08 Å². The smallest absolute Gasteiger partial charge is 0.258 e. The lowest BCUT2D eigenvalue weighted by Gasteiger charge is -2.32. The molecule has 0 aromatic heterocycles. The van der Waals surface area contributed by atoms with Crippen molar-refractivity contribution in [3.8, 4) is 0 Å². The fraction of sp³-hybridized carbons (Fsp3) is 0.909. The quantitative estimate of drug-likeness (QED) is 0.442. The summed E-state index contributed by atoms with van der Waals surface area (Å²) in [5, 5.41) is 3.40. The van der Waals surface area contributed by atoms with E-state index in [4.69, 9.17) is 4.74 Å². The third-order valence-corrected chi connectivity index (χ3v) is 2.49.